The number of aliphatic hydroxyl groups excluding tert-OH is 1. The van der Waals surface area contributed by atoms with Crippen LogP contribution in [0.5, 0.6) is 0 Å². The van der Waals surface area contributed by atoms with E-state index >= 15 is 0 Å². The van der Waals surface area contributed by atoms with Crippen molar-refractivity contribution in [2.45, 2.75) is 80.1 Å². The van der Waals surface area contributed by atoms with Crippen LogP contribution in [0.2, 0.25) is 0 Å². The van der Waals surface area contributed by atoms with Gasteiger partial charge in [0.25, 0.3) is 0 Å². The van der Waals surface area contributed by atoms with Crippen molar-refractivity contribution in [1.29, 1.82) is 0 Å². The number of ketones is 2. The zero-order valence-corrected chi connectivity index (χ0v) is 19.7. The van der Waals surface area contributed by atoms with E-state index in [0.29, 0.717) is 24.2 Å². The van der Waals surface area contributed by atoms with Crippen LogP contribution < -0.4 is 5.32 Å². The topological polar surface area (TPSA) is 66.4 Å². The van der Waals surface area contributed by atoms with Gasteiger partial charge in [-0.05, 0) is 50.9 Å². The first-order chi connectivity index (χ1) is 14.0. The van der Waals surface area contributed by atoms with Crippen LogP contribution in [0.25, 0.3) is 0 Å². The molecule has 0 radical (unpaired) electrons. The molecule has 4 nitrogen and oxygen atoms in total. The molecule has 0 unspecified atom stereocenters. The third-order valence-electron chi connectivity index (χ3n) is 6.06. The van der Waals surface area contributed by atoms with Crippen molar-refractivity contribution in [3.63, 3.8) is 0 Å². The van der Waals surface area contributed by atoms with Crippen LogP contribution in [-0.4, -0.2) is 23.2 Å². The largest absolute Gasteiger partial charge is 0.505 e. The van der Waals surface area contributed by atoms with E-state index in [-0.39, 0.29) is 28.6 Å². The minimum absolute atomic E-state index is 0.0337. The van der Waals surface area contributed by atoms with Gasteiger partial charge in [-0.25, -0.2) is 0 Å². The molecule has 0 heterocycles. The summed E-state index contributed by atoms with van der Waals surface area (Å²) in [5.41, 5.74) is 3.25. The molecule has 4 heteroatoms. The van der Waals surface area contributed by atoms with Gasteiger partial charge in [-0.2, -0.15) is 0 Å². The van der Waals surface area contributed by atoms with Gasteiger partial charge >= 0.3 is 0 Å². The van der Waals surface area contributed by atoms with Gasteiger partial charge in [0.15, 0.2) is 0 Å². The molecule has 166 valence electrons. The summed E-state index contributed by atoms with van der Waals surface area (Å²) in [5.74, 6) is -1.32. The van der Waals surface area contributed by atoms with Crippen LogP contribution in [0.4, 0.5) is 0 Å². The molecule has 2 aliphatic carbocycles. The number of nitrogens with one attached hydrogen (secondary N) is 1. The fourth-order valence-electron chi connectivity index (χ4n) is 4.31. The first-order valence-corrected chi connectivity index (χ1v) is 11.3. The van der Waals surface area contributed by atoms with Gasteiger partial charge in [-0.3, -0.25) is 9.59 Å². The van der Waals surface area contributed by atoms with Gasteiger partial charge in [0.1, 0.15) is 5.76 Å². The lowest BCUT2D eigenvalue weighted by atomic mass is 9.70. The minimum atomic E-state index is -0.553. The summed E-state index contributed by atoms with van der Waals surface area (Å²) in [6, 6.07) is 0. The number of unbranched alkanes of at least 4 members (excludes halogenated alkanes) is 2. The number of Topliss-reactive ketones (excluding diaryl/α,β-unsaturated/α-hetero) is 2. The lowest BCUT2D eigenvalue weighted by Crippen LogP contribution is -2.38. The number of carbonyl (C=O) groups is 2. The third kappa shape index (κ3) is 5.53. The molecule has 2 rings (SSSR count). The molecule has 30 heavy (non-hydrogen) atoms. The molecule has 0 aromatic rings. The molecule has 2 aliphatic rings. The lowest BCUT2D eigenvalue weighted by Gasteiger charge is -2.34. The zero-order valence-electron chi connectivity index (χ0n) is 19.7. The van der Waals surface area contributed by atoms with E-state index in [9.17, 15) is 14.7 Å². The highest BCUT2D eigenvalue weighted by Gasteiger charge is 2.41. The van der Waals surface area contributed by atoms with Gasteiger partial charge < -0.3 is 10.4 Å². The Hall–Kier alpha value is -2.10. The van der Waals surface area contributed by atoms with Gasteiger partial charge in [-0.1, -0.05) is 64.3 Å². The summed E-state index contributed by atoms with van der Waals surface area (Å²) in [6.45, 7) is 17.1. The van der Waals surface area contributed by atoms with Crippen molar-refractivity contribution in [2.24, 2.45) is 17.3 Å². The molecule has 0 aliphatic heterocycles. The minimum Gasteiger partial charge on any atom is -0.505 e. The monoisotopic (exact) mass is 413 g/mol. The highest BCUT2D eigenvalue weighted by atomic mass is 16.3. The Kier molecular flexibility index (Phi) is 7.90. The normalized spacial score (nSPS) is 23.1. The highest BCUT2D eigenvalue weighted by molar-refractivity contribution is 6.50. The van der Waals surface area contributed by atoms with Crippen molar-refractivity contribution < 1.29 is 14.7 Å². The number of carbonyl (C=O) groups excluding carboxylic acids is 2. The van der Waals surface area contributed by atoms with Crippen molar-refractivity contribution in [2.75, 3.05) is 6.54 Å². The molecule has 0 bridgehead atoms. The number of hydrogen-bond donors (Lipinski definition) is 2. The van der Waals surface area contributed by atoms with Crippen LogP contribution in [0.15, 0.2) is 46.4 Å². The second kappa shape index (κ2) is 9.80. The lowest BCUT2D eigenvalue weighted by molar-refractivity contribution is -0.133. The van der Waals surface area contributed by atoms with Crippen LogP contribution in [0, 0.1) is 17.3 Å². The molecular formula is C26H39NO3. The van der Waals surface area contributed by atoms with E-state index in [4.69, 9.17) is 0 Å². The number of allylic oxidation sites excluding steroid dienone is 5. The smallest absolute Gasteiger partial charge is 0.233 e. The molecule has 0 amide bonds. The highest BCUT2D eigenvalue weighted by Crippen LogP contribution is 2.41. The maximum absolute atomic E-state index is 13.2. The van der Waals surface area contributed by atoms with Gasteiger partial charge in [0, 0.05) is 18.0 Å². The van der Waals surface area contributed by atoms with Crippen LogP contribution >= 0.6 is 0 Å². The number of rotatable bonds is 8. The zero-order chi connectivity index (χ0) is 22.6. The second-order valence-corrected chi connectivity index (χ2v) is 10.2. The predicted octanol–water partition coefficient (Wildman–Crippen LogP) is 5.97. The Morgan fingerprint density at radius 1 is 1.23 bits per heavy atom. The molecular weight excluding hydrogens is 374 g/mol. The summed E-state index contributed by atoms with van der Waals surface area (Å²) < 4.78 is 0. The standard InChI is InChI=1S/C26H39NO3/c1-8-9-10-11-19-22(27-15-26(5,6)7)24(29)21(25(30)23(19)28)20-14-17(4)12-13-18(20)16(2)3/h14,18,20,27,29H,2,8-13,15H2,1,3-7H3/t18-,20+/m0/s1. The summed E-state index contributed by atoms with van der Waals surface area (Å²) in [6.07, 6.45) is 7.20. The first kappa shape index (κ1) is 24.2. The van der Waals surface area contributed by atoms with Gasteiger partial charge in [-0.15, -0.1) is 0 Å². The van der Waals surface area contributed by atoms with Crippen LogP contribution in [-0.2, 0) is 9.59 Å². The second-order valence-electron chi connectivity index (χ2n) is 10.2. The van der Waals surface area contributed by atoms with E-state index in [0.717, 1.165) is 37.7 Å². The Morgan fingerprint density at radius 2 is 1.90 bits per heavy atom. The van der Waals surface area contributed by atoms with Crippen LogP contribution in [0.1, 0.15) is 80.1 Å². The Morgan fingerprint density at radius 3 is 2.47 bits per heavy atom. The molecule has 2 N–H and O–H groups in total. The first-order valence-electron chi connectivity index (χ1n) is 11.3. The fourth-order valence-corrected chi connectivity index (χ4v) is 4.31. The average molecular weight is 414 g/mol. The van der Waals surface area contributed by atoms with Crippen molar-refractivity contribution in [3.8, 4) is 0 Å². The Balaban J connectivity index is 2.58. The van der Waals surface area contributed by atoms with Gasteiger partial charge in [0.05, 0.1) is 11.3 Å². The van der Waals surface area contributed by atoms with E-state index in [1.807, 2.05) is 19.9 Å². The maximum atomic E-state index is 13.2. The number of aliphatic hydroxyl groups is 1. The molecule has 0 spiro atoms. The molecule has 0 fully saturated rings. The van der Waals surface area contributed by atoms with Gasteiger partial charge in [0.2, 0.25) is 11.6 Å². The Labute approximate surface area is 182 Å². The van der Waals surface area contributed by atoms with E-state index in [2.05, 4.69) is 39.6 Å². The van der Waals surface area contributed by atoms with Crippen molar-refractivity contribution in [1.82, 2.24) is 5.32 Å². The molecule has 0 saturated heterocycles. The third-order valence-corrected chi connectivity index (χ3v) is 6.06. The fraction of sp³-hybridized carbons (Fsp3) is 0.615. The van der Waals surface area contributed by atoms with Crippen molar-refractivity contribution in [3.05, 3.63) is 46.4 Å². The van der Waals surface area contributed by atoms with E-state index in [1.54, 1.807) is 0 Å². The van der Waals surface area contributed by atoms with E-state index < -0.39 is 11.6 Å². The maximum Gasteiger partial charge on any atom is 0.233 e. The molecule has 0 saturated carbocycles. The summed E-state index contributed by atoms with van der Waals surface area (Å²) in [5, 5.41) is 14.6. The summed E-state index contributed by atoms with van der Waals surface area (Å²) in [4.78, 5) is 26.4. The average Bonchev–Trinajstić information content (AvgIpc) is 2.64. The SMILES string of the molecule is C=C(C)[C@@H]1CCC(C)=C[C@H]1C1=C(O)C(NCC(C)(C)C)=C(CCCCC)C(=O)C1=O. The predicted molar refractivity (Wildman–Crippen MR) is 123 cm³/mol. The Bertz CT molecular complexity index is 805. The molecule has 0 aromatic heterocycles. The van der Waals surface area contributed by atoms with E-state index in [1.165, 1.54) is 5.57 Å². The van der Waals surface area contributed by atoms with Crippen LogP contribution in [0.3, 0.4) is 0 Å². The summed E-state index contributed by atoms with van der Waals surface area (Å²) >= 11 is 0. The summed E-state index contributed by atoms with van der Waals surface area (Å²) in [7, 11) is 0. The van der Waals surface area contributed by atoms with Crippen molar-refractivity contribution >= 4 is 11.6 Å². The molecule has 2 atom stereocenters. The number of hydrogen-bond acceptors (Lipinski definition) is 4. The molecule has 0 aromatic carbocycles. The quantitative estimate of drug-likeness (QED) is 0.223.